The number of nitrogens with one attached hydrogen (secondary N) is 2. The van der Waals surface area contributed by atoms with Gasteiger partial charge in [0.15, 0.2) is 0 Å². The van der Waals surface area contributed by atoms with Gasteiger partial charge in [0.05, 0.1) is 17.1 Å². The van der Waals surface area contributed by atoms with Crippen LogP contribution in [0.15, 0.2) is 22.7 Å². The van der Waals surface area contributed by atoms with E-state index in [1.807, 2.05) is 9.80 Å². The number of aromatic nitrogens is 1. The Balaban J connectivity index is 1.42. The van der Waals surface area contributed by atoms with Crippen LogP contribution in [0.3, 0.4) is 0 Å². The van der Waals surface area contributed by atoms with Gasteiger partial charge in [-0.15, -0.1) is 0 Å². The predicted octanol–water partition coefficient (Wildman–Crippen LogP) is 2.98. The van der Waals surface area contributed by atoms with E-state index in [9.17, 15) is 19.2 Å². The van der Waals surface area contributed by atoms with Crippen LogP contribution < -0.4 is 10.6 Å². The van der Waals surface area contributed by atoms with Gasteiger partial charge < -0.3 is 25.0 Å². The number of rotatable bonds is 4. The molecule has 0 unspecified atom stereocenters. The number of hydrogen-bond acceptors (Lipinski definition) is 6. The van der Waals surface area contributed by atoms with E-state index < -0.39 is 0 Å². The third-order valence-electron chi connectivity index (χ3n) is 6.97. The number of carbonyl (C=O) groups excluding carboxylic acids is 4. The van der Waals surface area contributed by atoms with E-state index in [1.165, 1.54) is 13.8 Å². The molecule has 3 heterocycles. The highest BCUT2D eigenvalue weighted by molar-refractivity contribution is 6.02. The molecular formula is C25H31N5O5. The first-order valence-electron chi connectivity index (χ1n) is 11.8. The normalized spacial score (nSPS) is 16.9. The highest BCUT2D eigenvalue weighted by Crippen LogP contribution is 2.41. The van der Waals surface area contributed by atoms with Gasteiger partial charge in [-0.1, -0.05) is 5.16 Å². The van der Waals surface area contributed by atoms with Crippen molar-refractivity contribution in [2.75, 3.05) is 36.8 Å². The summed E-state index contributed by atoms with van der Waals surface area (Å²) in [4.78, 5) is 53.1. The quantitative estimate of drug-likeness (QED) is 0.692. The molecule has 2 saturated heterocycles. The largest absolute Gasteiger partial charge is 0.361 e. The molecule has 0 atom stereocenters. The second-order valence-corrected chi connectivity index (χ2v) is 9.59. The van der Waals surface area contributed by atoms with Crippen molar-refractivity contribution in [3.63, 3.8) is 0 Å². The summed E-state index contributed by atoms with van der Waals surface area (Å²) in [5.41, 5.74) is 2.42. The van der Waals surface area contributed by atoms with Gasteiger partial charge in [0.2, 0.25) is 11.8 Å². The smallest absolute Gasteiger partial charge is 0.259 e. The Hall–Kier alpha value is -3.69. The van der Waals surface area contributed by atoms with Crippen molar-refractivity contribution in [3.05, 3.63) is 40.8 Å². The monoisotopic (exact) mass is 481 g/mol. The topological polar surface area (TPSA) is 125 Å². The minimum Gasteiger partial charge on any atom is -0.361 e. The third kappa shape index (κ3) is 5.06. The minimum absolute atomic E-state index is 0.0121. The van der Waals surface area contributed by atoms with Crippen LogP contribution >= 0.6 is 0 Å². The second kappa shape index (κ2) is 9.52. The highest BCUT2D eigenvalue weighted by Gasteiger charge is 2.43. The van der Waals surface area contributed by atoms with Gasteiger partial charge in [-0.3, -0.25) is 19.2 Å². The van der Waals surface area contributed by atoms with Crippen LogP contribution in [0.5, 0.6) is 0 Å². The van der Waals surface area contributed by atoms with E-state index in [1.54, 1.807) is 32.0 Å². The summed E-state index contributed by atoms with van der Waals surface area (Å²) in [6.45, 7) is 8.80. The molecule has 1 aromatic heterocycles. The number of carbonyl (C=O) groups is 4. The third-order valence-corrected chi connectivity index (χ3v) is 6.97. The fourth-order valence-corrected chi connectivity index (χ4v) is 5.10. The van der Waals surface area contributed by atoms with Crippen LogP contribution in [0.25, 0.3) is 0 Å². The lowest BCUT2D eigenvalue weighted by Crippen LogP contribution is -2.45. The Labute approximate surface area is 204 Å². The number of nitrogens with zero attached hydrogens (tertiary/aromatic N) is 3. The molecule has 4 rings (SSSR count). The molecule has 4 amide bonds. The van der Waals surface area contributed by atoms with Crippen LogP contribution in [0.2, 0.25) is 0 Å². The molecule has 35 heavy (non-hydrogen) atoms. The molecule has 0 radical (unpaired) electrons. The first-order valence-corrected chi connectivity index (χ1v) is 11.8. The number of anilines is 2. The Morgan fingerprint density at radius 3 is 2.06 bits per heavy atom. The van der Waals surface area contributed by atoms with Crippen LogP contribution in [0.1, 0.15) is 65.3 Å². The molecule has 1 aromatic carbocycles. The van der Waals surface area contributed by atoms with E-state index in [2.05, 4.69) is 15.8 Å². The van der Waals surface area contributed by atoms with E-state index in [4.69, 9.17) is 4.52 Å². The van der Waals surface area contributed by atoms with Crippen molar-refractivity contribution >= 4 is 35.0 Å². The maximum atomic E-state index is 13.3. The average molecular weight is 482 g/mol. The number of likely N-dealkylation sites (tertiary alicyclic amines) is 2. The highest BCUT2D eigenvalue weighted by atomic mass is 16.5. The Morgan fingerprint density at radius 2 is 1.49 bits per heavy atom. The standard InChI is InChI=1S/C25H31N5O5/c1-15-22(16(2)35-28-15)24(34)29-10-7-25(8-11-29)9-12-30(14-25)23(33)19-5-6-20(26-17(3)31)21(13-19)27-18(4)32/h5-6,13H,7-12,14H2,1-4H3,(H,26,31)(H,27,32). The molecular weight excluding hydrogens is 450 g/mol. The molecule has 0 saturated carbocycles. The Kier molecular flexibility index (Phi) is 6.64. The molecule has 10 nitrogen and oxygen atoms in total. The van der Waals surface area contributed by atoms with Crippen molar-refractivity contribution in [2.45, 2.75) is 47.0 Å². The first kappa shape index (κ1) is 24.4. The number of benzene rings is 1. The zero-order chi connectivity index (χ0) is 25.3. The number of hydrogen-bond donors (Lipinski definition) is 2. The molecule has 2 N–H and O–H groups in total. The van der Waals surface area contributed by atoms with Gasteiger partial charge in [-0.25, -0.2) is 0 Å². The summed E-state index contributed by atoms with van der Waals surface area (Å²) < 4.78 is 5.15. The van der Waals surface area contributed by atoms with Crippen molar-refractivity contribution in [1.82, 2.24) is 15.0 Å². The second-order valence-electron chi connectivity index (χ2n) is 9.59. The van der Waals surface area contributed by atoms with Gasteiger partial charge in [0, 0.05) is 45.6 Å². The van der Waals surface area contributed by atoms with Gasteiger partial charge >= 0.3 is 0 Å². The van der Waals surface area contributed by atoms with Crippen molar-refractivity contribution < 1.29 is 23.7 Å². The van der Waals surface area contributed by atoms with Crippen molar-refractivity contribution in [2.24, 2.45) is 5.41 Å². The first-order chi connectivity index (χ1) is 16.6. The van der Waals surface area contributed by atoms with Crippen LogP contribution in [-0.2, 0) is 9.59 Å². The lowest BCUT2D eigenvalue weighted by molar-refractivity contribution is -0.115. The van der Waals surface area contributed by atoms with Gasteiger partial charge in [-0.05, 0) is 56.7 Å². The van der Waals surface area contributed by atoms with E-state index in [0.717, 1.165) is 19.3 Å². The summed E-state index contributed by atoms with van der Waals surface area (Å²) in [6.07, 6.45) is 2.53. The number of amides is 4. The summed E-state index contributed by atoms with van der Waals surface area (Å²) in [5.74, 6) is -0.187. The van der Waals surface area contributed by atoms with Gasteiger partial charge in [-0.2, -0.15) is 0 Å². The van der Waals surface area contributed by atoms with E-state index >= 15 is 0 Å². The average Bonchev–Trinajstić information content (AvgIpc) is 3.36. The van der Waals surface area contributed by atoms with E-state index in [-0.39, 0.29) is 29.0 Å². The van der Waals surface area contributed by atoms with Gasteiger partial charge in [0.25, 0.3) is 11.8 Å². The molecule has 0 aliphatic carbocycles. The maximum absolute atomic E-state index is 13.3. The SMILES string of the molecule is CC(=O)Nc1ccc(C(=O)N2CCC3(CCN(C(=O)c4c(C)noc4C)CC3)C2)cc1NC(C)=O. The summed E-state index contributed by atoms with van der Waals surface area (Å²) in [7, 11) is 0. The van der Waals surface area contributed by atoms with E-state index in [0.29, 0.717) is 60.1 Å². The summed E-state index contributed by atoms with van der Waals surface area (Å²) in [6, 6.07) is 4.89. The van der Waals surface area contributed by atoms with Crippen LogP contribution in [0.4, 0.5) is 11.4 Å². The molecule has 10 heteroatoms. The lowest BCUT2D eigenvalue weighted by atomic mass is 9.77. The van der Waals surface area contributed by atoms with Crippen molar-refractivity contribution in [3.8, 4) is 0 Å². The molecule has 2 aliphatic rings. The number of aryl methyl sites for hydroxylation is 2. The Bertz CT molecular complexity index is 1160. The summed E-state index contributed by atoms with van der Waals surface area (Å²) >= 11 is 0. The minimum atomic E-state index is -0.292. The molecule has 1 spiro atoms. The van der Waals surface area contributed by atoms with Crippen LogP contribution in [0, 0.1) is 19.3 Å². The molecule has 2 aliphatic heterocycles. The number of piperidine rings is 1. The van der Waals surface area contributed by atoms with Gasteiger partial charge in [0.1, 0.15) is 11.3 Å². The zero-order valence-electron chi connectivity index (χ0n) is 20.6. The fourth-order valence-electron chi connectivity index (χ4n) is 5.10. The zero-order valence-corrected chi connectivity index (χ0v) is 20.6. The summed E-state index contributed by atoms with van der Waals surface area (Å²) in [5, 5.41) is 9.25. The fraction of sp³-hybridized carbons (Fsp3) is 0.480. The molecule has 186 valence electrons. The maximum Gasteiger partial charge on any atom is 0.259 e. The predicted molar refractivity (Wildman–Crippen MR) is 129 cm³/mol. The molecule has 2 fully saturated rings. The molecule has 0 bridgehead atoms. The Morgan fingerprint density at radius 1 is 0.886 bits per heavy atom. The van der Waals surface area contributed by atoms with Crippen molar-refractivity contribution in [1.29, 1.82) is 0 Å². The molecule has 2 aromatic rings. The van der Waals surface area contributed by atoms with Crippen LogP contribution in [-0.4, -0.2) is 64.8 Å². The lowest BCUT2D eigenvalue weighted by Gasteiger charge is -2.39.